The molecule has 0 saturated heterocycles. The van der Waals surface area contributed by atoms with Crippen LogP contribution in [0, 0.1) is 5.92 Å². The predicted molar refractivity (Wildman–Crippen MR) is 227 cm³/mol. The lowest BCUT2D eigenvalue weighted by atomic mass is 9.88. The lowest BCUT2D eigenvalue weighted by molar-refractivity contribution is 0.247. The summed E-state index contributed by atoms with van der Waals surface area (Å²) in [6.07, 6.45) is 51.4. The summed E-state index contributed by atoms with van der Waals surface area (Å²) in [5.41, 5.74) is 0. The van der Waals surface area contributed by atoms with E-state index in [0.29, 0.717) is 0 Å². The van der Waals surface area contributed by atoms with Crippen molar-refractivity contribution in [3.63, 3.8) is 0 Å². The van der Waals surface area contributed by atoms with Gasteiger partial charge in [-0.3, -0.25) is 0 Å². The molecule has 0 aliphatic rings. The van der Waals surface area contributed by atoms with Crippen molar-refractivity contribution in [1.82, 2.24) is 0 Å². The first-order valence-corrected chi connectivity index (χ1v) is 25.0. The second kappa shape index (κ2) is 37.6. The molecule has 0 spiro atoms. The van der Waals surface area contributed by atoms with Crippen molar-refractivity contribution in [2.75, 3.05) is 0 Å². The molecule has 0 atom stereocenters. The van der Waals surface area contributed by atoms with Crippen LogP contribution in [0.3, 0.4) is 0 Å². The smallest absolute Gasteiger partial charge is 0.192 e. The Morgan fingerprint density at radius 2 is 0.520 bits per heavy atom. The monoisotopic (exact) mass is 728 g/mol. The van der Waals surface area contributed by atoms with Crippen molar-refractivity contribution in [3.05, 3.63) is 0 Å². The van der Waals surface area contributed by atoms with Crippen LogP contribution in [-0.4, -0.2) is 19.8 Å². The molecule has 302 valence electrons. The van der Waals surface area contributed by atoms with Gasteiger partial charge < -0.3 is 0 Å². The summed E-state index contributed by atoms with van der Waals surface area (Å²) in [6, 6.07) is 0. The molecule has 0 aromatic heterocycles. The van der Waals surface area contributed by atoms with Gasteiger partial charge in [0, 0.05) is 0 Å². The molecule has 0 amide bonds. The van der Waals surface area contributed by atoms with E-state index in [1.165, 1.54) is 199 Å². The molecule has 50 heavy (non-hydrogen) atoms. The van der Waals surface area contributed by atoms with Crippen LogP contribution in [0.4, 0.5) is 0 Å². The first kappa shape index (κ1) is 50.3. The minimum absolute atomic E-state index is 0.670. The van der Waals surface area contributed by atoms with Gasteiger partial charge in [-0.1, -0.05) is 246 Å². The zero-order valence-corrected chi connectivity index (χ0v) is 36.0. The fourth-order valence-corrected chi connectivity index (χ4v) is 9.56. The van der Waals surface area contributed by atoms with Crippen molar-refractivity contribution in [2.45, 2.75) is 290 Å². The average molecular weight is 728 g/mol. The molecule has 0 aromatic carbocycles. The standard InChI is InChI=1S/C46H96O3P/c1-5-7-9-11-13-15-17-19-21-23-25-27-29-31-34-38-42-46(50(47,48)49,44-40-36-33-37-41-45(3)4)43-39-35-32-30-28-26-24-22-20-18-16-14-12-10-8-6-2/h45,47-49H,5-44H2,1-4H3/q+1. The topological polar surface area (TPSA) is 60.7 Å². The second-order valence-corrected chi connectivity index (χ2v) is 19.3. The van der Waals surface area contributed by atoms with E-state index < -0.39 is 13.1 Å². The van der Waals surface area contributed by atoms with Crippen LogP contribution >= 0.6 is 7.94 Å². The molecule has 0 bridgehead atoms. The van der Waals surface area contributed by atoms with E-state index in [2.05, 4.69) is 27.7 Å². The van der Waals surface area contributed by atoms with Crippen molar-refractivity contribution in [3.8, 4) is 0 Å². The molecule has 0 rings (SSSR count). The molecule has 0 aliphatic heterocycles. The van der Waals surface area contributed by atoms with Gasteiger partial charge in [0.05, 0.1) is 0 Å². The summed E-state index contributed by atoms with van der Waals surface area (Å²) < 4.78 is 0. The highest BCUT2D eigenvalue weighted by Gasteiger charge is 2.56. The summed E-state index contributed by atoms with van der Waals surface area (Å²) in [7, 11) is -3.91. The van der Waals surface area contributed by atoms with Gasteiger partial charge in [0.1, 0.15) is 0 Å². The molecular formula is C46H96O3P+. The van der Waals surface area contributed by atoms with Crippen molar-refractivity contribution in [2.24, 2.45) is 5.92 Å². The van der Waals surface area contributed by atoms with E-state index in [1.54, 1.807) is 0 Å². The first-order chi connectivity index (χ1) is 24.3. The zero-order chi connectivity index (χ0) is 36.9. The Balaban J connectivity index is 4.32. The minimum Gasteiger partial charge on any atom is -0.192 e. The average Bonchev–Trinajstić information content (AvgIpc) is 3.08. The maximum absolute atomic E-state index is 10.9. The molecule has 0 aliphatic carbocycles. The Hall–Kier alpha value is 0.310. The number of hydrogen-bond donors (Lipinski definition) is 3. The maximum atomic E-state index is 10.9. The minimum atomic E-state index is -3.91. The first-order valence-electron chi connectivity index (χ1n) is 23.4. The molecule has 3 nitrogen and oxygen atoms in total. The van der Waals surface area contributed by atoms with Gasteiger partial charge in [-0.15, -0.1) is 0 Å². The molecular weight excluding hydrogens is 631 g/mol. The number of rotatable bonds is 42. The third-order valence-corrected chi connectivity index (χ3v) is 13.7. The van der Waals surface area contributed by atoms with E-state index >= 15 is 0 Å². The molecule has 0 fully saturated rings. The van der Waals surface area contributed by atoms with Gasteiger partial charge in [0.2, 0.25) is 0 Å². The van der Waals surface area contributed by atoms with Crippen LogP contribution in [0.1, 0.15) is 285 Å². The third kappa shape index (κ3) is 32.9. The summed E-state index contributed by atoms with van der Waals surface area (Å²) in [5, 5.41) is -0.670. The van der Waals surface area contributed by atoms with Gasteiger partial charge in [0.25, 0.3) is 0 Å². The van der Waals surface area contributed by atoms with Gasteiger partial charge in [0.15, 0.2) is 5.16 Å². The summed E-state index contributed by atoms with van der Waals surface area (Å²) in [6.45, 7) is 9.17. The lowest BCUT2D eigenvalue weighted by Gasteiger charge is -2.33. The van der Waals surface area contributed by atoms with E-state index in [9.17, 15) is 14.7 Å². The SMILES string of the molecule is CCCCCCCCCCCCCCCCCCC(CCCCCCCCCCCCCCCCCC)(CCCCCCC(C)C)[P+](O)(O)O. The molecule has 0 aromatic rings. The van der Waals surface area contributed by atoms with Crippen LogP contribution in [0.5, 0.6) is 0 Å². The largest absolute Gasteiger partial charge is 0.409 e. The summed E-state index contributed by atoms with van der Waals surface area (Å²) >= 11 is 0. The molecule has 3 N–H and O–H groups in total. The summed E-state index contributed by atoms with van der Waals surface area (Å²) in [4.78, 5) is 32.6. The quantitative estimate of drug-likeness (QED) is 0.0433. The fourth-order valence-electron chi connectivity index (χ4n) is 8.19. The zero-order valence-electron chi connectivity index (χ0n) is 35.2. The highest BCUT2D eigenvalue weighted by Crippen LogP contribution is 2.64. The van der Waals surface area contributed by atoms with Crippen molar-refractivity contribution >= 4 is 7.94 Å². The van der Waals surface area contributed by atoms with Gasteiger partial charge >= 0.3 is 7.94 Å². The van der Waals surface area contributed by atoms with Crippen molar-refractivity contribution in [1.29, 1.82) is 0 Å². The van der Waals surface area contributed by atoms with Crippen LogP contribution < -0.4 is 0 Å². The van der Waals surface area contributed by atoms with Crippen LogP contribution in [0.25, 0.3) is 0 Å². The Morgan fingerprint density at radius 3 is 0.720 bits per heavy atom. The Labute approximate surface area is 317 Å². The van der Waals surface area contributed by atoms with Crippen LogP contribution in [-0.2, 0) is 0 Å². The molecule has 0 saturated carbocycles. The van der Waals surface area contributed by atoms with Gasteiger partial charge in [-0.25, -0.2) is 0 Å². The molecule has 0 radical (unpaired) electrons. The molecule has 0 heterocycles. The van der Waals surface area contributed by atoms with Crippen molar-refractivity contribution < 1.29 is 14.7 Å². The van der Waals surface area contributed by atoms with Gasteiger partial charge in [-0.2, -0.15) is 14.7 Å². The van der Waals surface area contributed by atoms with E-state index in [4.69, 9.17) is 0 Å². The molecule has 0 unspecified atom stereocenters. The Bertz CT molecular complexity index is 610. The normalized spacial score (nSPS) is 12.5. The van der Waals surface area contributed by atoms with Crippen LogP contribution in [0.15, 0.2) is 0 Å². The maximum Gasteiger partial charge on any atom is 0.409 e. The summed E-state index contributed by atoms with van der Waals surface area (Å²) in [5.74, 6) is 0.754. The van der Waals surface area contributed by atoms with Gasteiger partial charge in [-0.05, 0) is 44.4 Å². The highest BCUT2D eigenvalue weighted by molar-refractivity contribution is 7.60. The lowest BCUT2D eigenvalue weighted by Crippen LogP contribution is -2.32. The number of hydrogen-bond acceptors (Lipinski definition) is 3. The van der Waals surface area contributed by atoms with E-state index in [0.717, 1.165) is 63.7 Å². The Morgan fingerprint density at radius 1 is 0.320 bits per heavy atom. The van der Waals surface area contributed by atoms with E-state index in [-0.39, 0.29) is 0 Å². The highest BCUT2D eigenvalue weighted by atomic mass is 31.2. The van der Waals surface area contributed by atoms with E-state index in [1.807, 2.05) is 0 Å². The Kier molecular flexibility index (Phi) is 37.9. The number of unbranched alkanes of at least 4 members (excludes halogenated alkanes) is 33. The third-order valence-electron chi connectivity index (χ3n) is 11.8. The second-order valence-electron chi connectivity index (χ2n) is 17.2. The van der Waals surface area contributed by atoms with Crippen LogP contribution in [0.2, 0.25) is 0 Å². The molecule has 4 heteroatoms. The predicted octanol–water partition coefficient (Wildman–Crippen LogP) is 16.8. The fraction of sp³-hybridized carbons (Fsp3) is 1.00.